The first-order chi connectivity index (χ1) is 8.42. The highest BCUT2D eigenvalue weighted by Gasteiger charge is 2.48. The standard InChI is InChI=1S/C12H22F3N3O/c1-8-6-18(10(19)16-11(2,3)4)7-9(17(8)5)12(13,14)15/h8-9H,6-7H2,1-5H3,(H,16,19). The summed E-state index contributed by atoms with van der Waals surface area (Å²) in [6, 6.07) is -2.38. The Kier molecular flexibility index (Phi) is 4.39. The number of carbonyl (C=O) groups is 1. The summed E-state index contributed by atoms with van der Waals surface area (Å²) in [4.78, 5) is 14.5. The Balaban J connectivity index is 2.80. The molecule has 0 aliphatic carbocycles. The van der Waals surface area contributed by atoms with Crippen LogP contribution in [-0.4, -0.2) is 59.8 Å². The van der Waals surface area contributed by atoms with Gasteiger partial charge in [-0.1, -0.05) is 0 Å². The van der Waals surface area contributed by atoms with Gasteiger partial charge in [-0.25, -0.2) is 4.79 Å². The van der Waals surface area contributed by atoms with Crippen molar-refractivity contribution in [3.8, 4) is 0 Å². The third kappa shape index (κ3) is 4.26. The number of rotatable bonds is 0. The van der Waals surface area contributed by atoms with Gasteiger partial charge in [-0.15, -0.1) is 0 Å². The number of piperazine rings is 1. The molecule has 1 rings (SSSR count). The van der Waals surface area contributed by atoms with Gasteiger partial charge in [0.2, 0.25) is 0 Å². The van der Waals surface area contributed by atoms with Gasteiger partial charge in [0.25, 0.3) is 0 Å². The van der Waals surface area contributed by atoms with Crippen LogP contribution in [0.4, 0.5) is 18.0 Å². The minimum Gasteiger partial charge on any atom is -0.333 e. The predicted molar refractivity (Wildman–Crippen MR) is 66.9 cm³/mol. The average Bonchev–Trinajstić information content (AvgIpc) is 2.17. The van der Waals surface area contributed by atoms with Gasteiger partial charge >= 0.3 is 12.2 Å². The first-order valence-corrected chi connectivity index (χ1v) is 6.27. The molecule has 0 spiro atoms. The van der Waals surface area contributed by atoms with E-state index in [2.05, 4.69) is 5.32 Å². The third-order valence-corrected chi connectivity index (χ3v) is 3.21. The van der Waals surface area contributed by atoms with Crippen molar-refractivity contribution >= 4 is 6.03 Å². The number of halogens is 3. The molecule has 2 atom stereocenters. The lowest BCUT2D eigenvalue weighted by atomic mass is 10.1. The summed E-state index contributed by atoms with van der Waals surface area (Å²) >= 11 is 0. The zero-order valence-electron chi connectivity index (χ0n) is 12.0. The lowest BCUT2D eigenvalue weighted by Gasteiger charge is -2.44. The van der Waals surface area contributed by atoms with Gasteiger partial charge in [0.1, 0.15) is 6.04 Å². The smallest absolute Gasteiger partial charge is 0.333 e. The van der Waals surface area contributed by atoms with Gasteiger partial charge in [-0.05, 0) is 34.7 Å². The van der Waals surface area contributed by atoms with Crippen molar-refractivity contribution in [2.24, 2.45) is 0 Å². The van der Waals surface area contributed by atoms with Crippen molar-refractivity contribution in [1.29, 1.82) is 0 Å². The van der Waals surface area contributed by atoms with Crippen LogP contribution in [0.25, 0.3) is 0 Å². The Morgan fingerprint density at radius 3 is 2.16 bits per heavy atom. The van der Waals surface area contributed by atoms with Crippen LogP contribution in [0, 0.1) is 0 Å². The van der Waals surface area contributed by atoms with Crippen molar-refractivity contribution in [3.63, 3.8) is 0 Å². The molecule has 0 radical (unpaired) electrons. The van der Waals surface area contributed by atoms with Crippen LogP contribution < -0.4 is 5.32 Å². The molecule has 2 amide bonds. The summed E-state index contributed by atoms with van der Waals surface area (Å²) in [5.74, 6) is 0. The van der Waals surface area contributed by atoms with Gasteiger partial charge in [0.05, 0.1) is 0 Å². The lowest BCUT2D eigenvalue weighted by Crippen LogP contribution is -2.64. The number of carbonyl (C=O) groups excluding carboxylic acids is 1. The van der Waals surface area contributed by atoms with Gasteiger partial charge in [0.15, 0.2) is 0 Å². The van der Waals surface area contributed by atoms with Crippen LogP contribution in [0.2, 0.25) is 0 Å². The molecule has 1 fully saturated rings. The molecular weight excluding hydrogens is 259 g/mol. The lowest BCUT2D eigenvalue weighted by molar-refractivity contribution is -0.196. The predicted octanol–water partition coefficient (Wildman–Crippen LogP) is 2.06. The van der Waals surface area contributed by atoms with Gasteiger partial charge in [-0.2, -0.15) is 13.2 Å². The Labute approximate surface area is 111 Å². The Morgan fingerprint density at radius 1 is 1.21 bits per heavy atom. The van der Waals surface area contributed by atoms with E-state index in [9.17, 15) is 18.0 Å². The number of nitrogens with one attached hydrogen (secondary N) is 1. The topological polar surface area (TPSA) is 35.6 Å². The molecule has 1 aliphatic rings. The number of amides is 2. The van der Waals surface area contributed by atoms with Crippen LogP contribution >= 0.6 is 0 Å². The van der Waals surface area contributed by atoms with Crippen LogP contribution in [0.5, 0.6) is 0 Å². The van der Waals surface area contributed by atoms with Crippen LogP contribution in [0.15, 0.2) is 0 Å². The fraction of sp³-hybridized carbons (Fsp3) is 0.917. The second-order valence-corrected chi connectivity index (χ2v) is 6.16. The van der Waals surface area contributed by atoms with Crippen LogP contribution in [0.1, 0.15) is 27.7 Å². The molecule has 0 aromatic carbocycles. The normalized spacial score (nSPS) is 26.4. The summed E-state index contributed by atoms with van der Waals surface area (Å²) in [6.45, 7) is 7.05. The molecule has 0 aromatic rings. The van der Waals surface area contributed by atoms with Gasteiger partial charge in [-0.3, -0.25) is 4.90 Å². The van der Waals surface area contributed by atoms with E-state index in [-0.39, 0.29) is 12.6 Å². The van der Waals surface area contributed by atoms with E-state index in [1.165, 1.54) is 16.8 Å². The Morgan fingerprint density at radius 2 is 1.74 bits per heavy atom. The number of alkyl halides is 3. The van der Waals surface area contributed by atoms with Gasteiger partial charge < -0.3 is 10.2 Å². The summed E-state index contributed by atoms with van der Waals surface area (Å²) in [5, 5.41) is 2.70. The maximum atomic E-state index is 12.9. The summed E-state index contributed by atoms with van der Waals surface area (Å²) in [5.41, 5.74) is -0.461. The summed E-state index contributed by atoms with van der Waals surface area (Å²) in [7, 11) is 1.45. The molecule has 19 heavy (non-hydrogen) atoms. The number of likely N-dealkylation sites (N-methyl/N-ethyl adjacent to an activating group) is 1. The molecule has 0 aromatic heterocycles. The fourth-order valence-corrected chi connectivity index (χ4v) is 2.07. The zero-order chi connectivity index (χ0) is 15.0. The SMILES string of the molecule is CC1CN(C(=O)NC(C)(C)C)CC(C(F)(F)F)N1C. The number of nitrogens with zero attached hydrogens (tertiary/aromatic N) is 2. The van der Waals surface area contributed by atoms with E-state index >= 15 is 0 Å². The molecule has 1 N–H and O–H groups in total. The summed E-state index contributed by atoms with van der Waals surface area (Å²) in [6.07, 6.45) is -4.33. The van der Waals surface area contributed by atoms with Crippen molar-refractivity contribution in [2.75, 3.05) is 20.1 Å². The third-order valence-electron chi connectivity index (χ3n) is 3.21. The second-order valence-electron chi connectivity index (χ2n) is 6.16. The number of urea groups is 1. The van der Waals surface area contributed by atoms with E-state index in [1.807, 2.05) is 0 Å². The molecule has 1 saturated heterocycles. The fourth-order valence-electron chi connectivity index (χ4n) is 2.07. The maximum Gasteiger partial charge on any atom is 0.405 e. The van der Waals surface area contributed by atoms with Crippen molar-refractivity contribution in [1.82, 2.24) is 15.1 Å². The van der Waals surface area contributed by atoms with E-state index in [0.29, 0.717) is 6.54 Å². The van der Waals surface area contributed by atoms with E-state index in [1.54, 1.807) is 27.7 Å². The van der Waals surface area contributed by atoms with Crippen LogP contribution in [0.3, 0.4) is 0 Å². The molecule has 112 valence electrons. The minimum absolute atomic E-state index is 0.297. The minimum atomic E-state index is -4.33. The van der Waals surface area contributed by atoms with Crippen molar-refractivity contribution in [3.05, 3.63) is 0 Å². The molecule has 1 aliphatic heterocycles. The number of hydrogen-bond acceptors (Lipinski definition) is 2. The van der Waals surface area contributed by atoms with E-state index < -0.39 is 23.8 Å². The van der Waals surface area contributed by atoms with E-state index in [4.69, 9.17) is 0 Å². The second kappa shape index (κ2) is 5.19. The molecular formula is C12H22F3N3O. The Bertz CT molecular complexity index is 338. The largest absolute Gasteiger partial charge is 0.405 e. The summed E-state index contributed by atoms with van der Waals surface area (Å²) < 4.78 is 38.8. The van der Waals surface area contributed by atoms with E-state index in [0.717, 1.165) is 0 Å². The van der Waals surface area contributed by atoms with Crippen molar-refractivity contribution < 1.29 is 18.0 Å². The molecule has 1 heterocycles. The molecule has 0 saturated carbocycles. The molecule has 2 unspecified atom stereocenters. The average molecular weight is 281 g/mol. The quantitative estimate of drug-likeness (QED) is 0.737. The maximum absolute atomic E-state index is 12.9. The number of hydrogen-bond donors (Lipinski definition) is 1. The highest BCUT2D eigenvalue weighted by Crippen LogP contribution is 2.29. The Hall–Kier alpha value is -0.980. The zero-order valence-corrected chi connectivity index (χ0v) is 12.0. The molecule has 4 nitrogen and oxygen atoms in total. The van der Waals surface area contributed by atoms with Gasteiger partial charge in [0, 0.05) is 24.7 Å². The monoisotopic (exact) mass is 281 g/mol. The molecule has 0 bridgehead atoms. The highest BCUT2D eigenvalue weighted by atomic mass is 19.4. The molecule has 7 heteroatoms. The first kappa shape index (κ1) is 16.1. The highest BCUT2D eigenvalue weighted by molar-refractivity contribution is 5.75. The van der Waals surface area contributed by atoms with Crippen LogP contribution in [-0.2, 0) is 0 Å². The van der Waals surface area contributed by atoms with Crippen molar-refractivity contribution in [2.45, 2.75) is 51.5 Å². The first-order valence-electron chi connectivity index (χ1n) is 6.27.